The fourth-order valence-corrected chi connectivity index (χ4v) is 3.09. The monoisotopic (exact) mass is 407 g/mol. The molecule has 0 aliphatic carbocycles. The predicted molar refractivity (Wildman–Crippen MR) is 107 cm³/mol. The largest absolute Gasteiger partial charge is 0.382 e. The third-order valence-electron chi connectivity index (χ3n) is 4.55. The maximum atomic E-state index is 14.1. The highest BCUT2D eigenvalue weighted by Crippen LogP contribution is 2.20. The van der Waals surface area contributed by atoms with Crippen molar-refractivity contribution in [1.29, 1.82) is 0 Å². The molecule has 0 N–H and O–H groups in total. The van der Waals surface area contributed by atoms with Gasteiger partial charge in [0, 0.05) is 12.6 Å². The zero-order valence-corrected chi connectivity index (χ0v) is 17.4. The second-order valence-corrected chi connectivity index (χ2v) is 9.03. The minimum atomic E-state index is -3.66. The van der Waals surface area contributed by atoms with Gasteiger partial charge < -0.3 is 9.08 Å². The molecule has 0 aliphatic rings. The normalized spacial score (nSPS) is 12.6. The molecule has 5 nitrogen and oxygen atoms in total. The lowest BCUT2D eigenvalue weighted by Gasteiger charge is -2.29. The van der Waals surface area contributed by atoms with Crippen LogP contribution in [0.15, 0.2) is 48.5 Å². The SMILES string of the molecule is CC[C@@H](C)N(Cc1ccc(OS(=O)(=O)C(C)C)cc1)C(=O)c1ccccc1F. The molecule has 0 unspecified atom stereocenters. The first kappa shape index (κ1) is 21.9. The van der Waals surface area contributed by atoms with Crippen molar-refractivity contribution in [1.82, 2.24) is 4.90 Å². The van der Waals surface area contributed by atoms with Crippen LogP contribution in [-0.4, -0.2) is 30.5 Å². The third-order valence-corrected chi connectivity index (χ3v) is 6.13. The van der Waals surface area contributed by atoms with Crippen molar-refractivity contribution in [2.45, 2.75) is 52.0 Å². The zero-order chi connectivity index (χ0) is 20.9. The standard InChI is InChI=1S/C21H26FNO4S/c1-5-16(4)23(21(24)19-8-6-7-9-20(19)22)14-17-10-12-18(13-11-17)27-28(25,26)15(2)3/h6-13,15-16H,5,14H2,1-4H3/t16-/m1/s1. The first-order valence-electron chi connectivity index (χ1n) is 9.23. The van der Waals surface area contributed by atoms with Crippen molar-refractivity contribution in [3.63, 3.8) is 0 Å². The summed E-state index contributed by atoms with van der Waals surface area (Å²) in [5.41, 5.74) is 0.824. The zero-order valence-electron chi connectivity index (χ0n) is 16.6. The first-order valence-corrected chi connectivity index (χ1v) is 10.7. The van der Waals surface area contributed by atoms with Crippen LogP contribution in [0.3, 0.4) is 0 Å². The summed E-state index contributed by atoms with van der Waals surface area (Å²) >= 11 is 0. The van der Waals surface area contributed by atoms with Gasteiger partial charge in [-0.1, -0.05) is 31.2 Å². The predicted octanol–water partition coefficient (Wildman–Crippen LogP) is 4.38. The average molecular weight is 408 g/mol. The Bertz CT molecular complexity index is 910. The maximum Gasteiger partial charge on any atom is 0.311 e. The van der Waals surface area contributed by atoms with Gasteiger partial charge in [0.2, 0.25) is 0 Å². The molecular weight excluding hydrogens is 381 g/mol. The third kappa shape index (κ3) is 5.32. The first-order chi connectivity index (χ1) is 13.2. The van der Waals surface area contributed by atoms with Crippen LogP contribution in [-0.2, 0) is 16.7 Å². The van der Waals surface area contributed by atoms with Crippen LogP contribution in [0.25, 0.3) is 0 Å². The quantitative estimate of drug-likeness (QED) is 0.609. The summed E-state index contributed by atoms with van der Waals surface area (Å²) in [5, 5.41) is -0.647. The molecule has 2 aromatic rings. The second kappa shape index (κ2) is 9.19. The Kier molecular flexibility index (Phi) is 7.18. The van der Waals surface area contributed by atoms with Gasteiger partial charge in [-0.3, -0.25) is 4.79 Å². The number of nitrogens with zero attached hydrogens (tertiary/aromatic N) is 1. The molecule has 0 saturated carbocycles. The van der Waals surface area contributed by atoms with E-state index in [1.165, 1.54) is 12.1 Å². The smallest absolute Gasteiger partial charge is 0.311 e. The number of hydrogen-bond acceptors (Lipinski definition) is 4. The van der Waals surface area contributed by atoms with Crippen LogP contribution in [0.2, 0.25) is 0 Å². The highest BCUT2D eigenvalue weighted by atomic mass is 32.2. The minimum Gasteiger partial charge on any atom is -0.382 e. The van der Waals surface area contributed by atoms with E-state index in [0.717, 1.165) is 5.56 Å². The van der Waals surface area contributed by atoms with Gasteiger partial charge in [0.05, 0.1) is 10.8 Å². The highest BCUT2D eigenvalue weighted by Gasteiger charge is 2.23. The number of carbonyl (C=O) groups excluding carboxylic acids is 1. The van der Waals surface area contributed by atoms with Gasteiger partial charge in [-0.15, -0.1) is 0 Å². The Hall–Kier alpha value is -2.41. The van der Waals surface area contributed by atoms with Gasteiger partial charge in [0.1, 0.15) is 11.6 Å². The molecule has 0 saturated heterocycles. The van der Waals surface area contributed by atoms with E-state index in [-0.39, 0.29) is 29.8 Å². The molecule has 1 atom stereocenters. The molecule has 2 aromatic carbocycles. The van der Waals surface area contributed by atoms with E-state index in [9.17, 15) is 17.6 Å². The van der Waals surface area contributed by atoms with E-state index in [2.05, 4.69) is 0 Å². The summed E-state index contributed by atoms with van der Waals surface area (Å²) in [4.78, 5) is 14.5. The fraction of sp³-hybridized carbons (Fsp3) is 0.381. The van der Waals surface area contributed by atoms with Crippen LogP contribution < -0.4 is 4.18 Å². The average Bonchev–Trinajstić information content (AvgIpc) is 2.66. The summed E-state index contributed by atoms with van der Waals surface area (Å²) in [6, 6.07) is 12.3. The minimum absolute atomic E-state index is 0.0331. The molecule has 0 spiro atoms. The Balaban J connectivity index is 2.21. The van der Waals surface area contributed by atoms with E-state index < -0.39 is 21.2 Å². The van der Waals surface area contributed by atoms with Crippen LogP contribution in [0, 0.1) is 5.82 Å². The number of amides is 1. The number of benzene rings is 2. The van der Waals surface area contributed by atoms with E-state index in [1.807, 2.05) is 13.8 Å². The lowest BCUT2D eigenvalue weighted by Crippen LogP contribution is -2.38. The van der Waals surface area contributed by atoms with Crippen molar-refractivity contribution >= 4 is 16.0 Å². The van der Waals surface area contributed by atoms with Gasteiger partial charge in [-0.05, 0) is 57.0 Å². The number of rotatable bonds is 8. The van der Waals surface area contributed by atoms with Gasteiger partial charge in [0.15, 0.2) is 0 Å². The summed E-state index contributed by atoms with van der Waals surface area (Å²) in [7, 11) is -3.66. The molecule has 0 radical (unpaired) electrons. The summed E-state index contributed by atoms with van der Waals surface area (Å²) in [6.07, 6.45) is 0.716. The van der Waals surface area contributed by atoms with Crippen molar-refractivity contribution in [2.24, 2.45) is 0 Å². The summed E-state index contributed by atoms with van der Waals surface area (Å²) < 4.78 is 42.8. The van der Waals surface area contributed by atoms with Crippen LogP contribution >= 0.6 is 0 Å². The number of carbonyl (C=O) groups is 1. The number of halogens is 1. The van der Waals surface area contributed by atoms with Gasteiger partial charge in [-0.2, -0.15) is 8.42 Å². The van der Waals surface area contributed by atoms with E-state index in [1.54, 1.807) is 55.1 Å². The molecule has 2 rings (SSSR count). The van der Waals surface area contributed by atoms with E-state index in [4.69, 9.17) is 4.18 Å². The molecule has 0 aromatic heterocycles. The topological polar surface area (TPSA) is 63.7 Å². The summed E-state index contributed by atoms with van der Waals surface area (Å²) in [5.74, 6) is -0.716. The van der Waals surface area contributed by atoms with Crippen LogP contribution in [0.1, 0.15) is 50.0 Å². The Morgan fingerprint density at radius 2 is 1.68 bits per heavy atom. The van der Waals surface area contributed by atoms with E-state index in [0.29, 0.717) is 6.42 Å². The lowest BCUT2D eigenvalue weighted by atomic mass is 10.1. The van der Waals surface area contributed by atoms with Gasteiger partial charge in [-0.25, -0.2) is 4.39 Å². The molecule has 7 heteroatoms. The van der Waals surface area contributed by atoms with Crippen molar-refractivity contribution in [2.75, 3.05) is 0 Å². The highest BCUT2D eigenvalue weighted by molar-refractivity contribution is 7.87. The Labute approximate surface area is 166 Å². The summed E-state index contributed by atoms with van der Waals surface area (Å²) in [6.45, 7) is 7.23. The molecule has 28 heavy (non-hydrogen) atoms. The van der Waals surface area contributed by atoms with Crippen LogP contribution in [0.4, 0.5) is 4.39 Å². The van der Waals surface area contributed by atoms with Crippen LogP contribution in [0.5, 0.6) is 5.75 Å². The fourth-order valence-electron chi connectivity index (χ4n) is 2.52. The molecule has 0 fully saturated rings. The molecule has 0 bridgehead atoms. The maximum absolute atomic E-state index is 14.1. The molecular formula is C21H26FNO4S. The number of hydrogen-bond donors (Lipinski definition) is 0. The van der Waals surface area contributed by atoms with Crippen molar-refractivity contribution in [3.05, 3.63) is 65.5 Å². The lowest BCUT2D eigenvalue weighted by molar-refractivity contribution is 0.0666. The van der Waals surface area contributed by atoms with Gasteiger partial charge in [0.25, 0.3) is 5.91 Å². The molecule has 152 valence electrons. The second-order valence-electron chi connectivity index (χ2n) is 6.94. The van der Waals surface area contributed by atoms with E-state index >= 15 is 0 Å². The Morgan fingerprint density at radius 3 is 2.21 bits per heavy atom. The van der Waals surface area contributed by atoms with Crippen molar-refractivity contribution < 1.29 is 21.8 Å². The van der Waals surface area contributed by atoms with Crippen molar-refractivity contribution in [3.8, 4) is 5.75 Å². The molecule has 1 amide bonds. The molecule has 0 aliphatic heterocycles. The van der Waals surface area contributed by atoms with Gasteiger partial charge >= 0.3 is 10.1 Å². The Morgan fingerprint density at radius 1 is 1.07 bits per heavy atom. The molecule has 0 heterocycles.